The third kappa shape index (κ3) is 2.54. The van der Waals surface area contributed by atoms with Gasteiger partial charge in [-0.3, -0.25) is 0 Å². The first-order valence-corrected chi connectivity index (χ1v) is 5.85. The molecule has 0 radical (unpaired) electrons. The van der Waals surface area contributed by atoms with Crippen LogP contribution in [0, 0.1) is 6.92 Å². The highest BCUT2D eigenvalue weighted by Crippen LogP contribution is 2.22. The summed E-state index contributed by atoms with van der Waals surface area (Å²) < 4.78 is 4.83. The highest BCUT2D eigenvalue weighted by atomic mass is 16.5. The Bertz CT molecular complexity index is 391. The average Bonchev–Trinajstić information content (AvgIpc) is 2.39. The van der Waals surface area contributed by atoms with Gasteiger partial charge in [0.05, 0.1) is 7.11 Å². The number of nitrogens with zero attached hydrogens (tertiary/aromatic N) is 3. The van der Waals surface area contributed by atoms with Crippen LogP contribution in [0.5, 0.6) is 0 Å². The molecule has 0 N–H and O–H groups in total. The van der Waals surface area contributed by atoms with Crippen LogP contribution in [0.4, 0.5) is 5.95 Å². The first-order valence-electron chi connectivity index (χ1n) is 5.85. The summed E-state index contributed by atoms with van der Waals surface area (Å²) in [7, 11) is 1.42. The Morgan fingerprint density at radius 3 is 2.76 bits per heavy atom. The van der Waals surface area contributed by atoms with E-state index < -0.39 is 0 Å². The van der Waals surface area contributed by atoms with E-state index in [1.807, 2.05) is 11.8 Å². The Morgan fingerprint density at radius 2 is 2.12 bits per heavy atom. The third-order valence-corrected chi connectivity index (χ3v) is 3.00. The Kier molecular flexibility index (Phi) is 3.56. The van der Waals surface area contributed by atoms with Crippen LogP contribution in [0.25, 0.3) is 0 Å². The zero-order valence-electron chi connectivity index (χ0n) is 10.2. The summed E-state index contributed by atoms with van der Waals surface area (Å²) in [5.41, 5.74) is 1.01. The smallest absolute Gasteiger partial charge is 0.328 e. The summed E-state index contributed by atoms with van der Waals surface area (Å²) in [6.07, 6.45) is 6.45. The number of aromatic nitrogens is 2. The molecule has 5 nitrogen and oxygen atoms in total. The number of esters is 1. The van der Waals surface area contributed by atoms with Gasteiger partial charge in [0.2, 0.25) is 5.95 Å². The van der Waals surface area contributed by atoms with Crippen LogP contribution >= 0.6 is 0 Å². The summed E-state index contributed by atoms with van der Waals surface area (Å²) >= 11 is 0. The Hall–Kier alpha value is -1.65. The molecule has 92 valence electrons. The minimum atomic E-state index is -0.239. The van der Waals surface area contributed by atoms with Gasteiger partial charge < -0.3 is 9.64 Å². The molecule has 0 aliphatic carbocycles. The number of methoxy groups -OCH3 is 1. The maximum Gasteiger partial charge on any atom is 0.328 e. The number of hydrogen-bond donors (Lipinski definition) is 0. The van der Waals surface area contributed by atoms with Crippen molar-refractivity contribution in [3.63, 3.8) is 0 Å². The molecule has 1 aromatic rings. The van der Waals surface area contributed by atoms with Crippen LogP contribution in [-0.2, 0) is 9.53 Å². The zero-order valence-corrected chi connectivity index (χ0v) is 10.2. The van der Waals surface area contributed by atoms with Gasteiger partial charge >= 0.3 is 5.97 Å². The Balaban J connectivity index is 2.21. The lowest BCUT2D eigenvalue weighted by molar-refractivity contribution is -0.142. The van der Waals surface area contributed by atoms with Crippen molar-refractivity contribution in [3.05, 3.63) is 18.0 Å². The topological polar surface area (TPSA) is 55.3 Å². The molecule has 2 rings (SSSR count). The van der Waals surface area contributed by atoms with Crippen molar-refractivity contribution < 1.29 is 9.53 Å². The van der Waals surface area contributed by atoms with Crippen molar-refractivity contribution in [3.8, 4) is 0 Å². The number of rotatable bonds is 2. The van der Waals surface area contributed by atoms with Crippen LogP contribution in [0.3, 0.4) is 0 Å². The van der Waals surface area contributed by atoms with E-state index in [0.29, 0.717) is 5.95 Å². The first kappa shape index (κ1) is 11.8. The first-order chi connectivity index (χ1) is 8.22. The normalized spacial score (nSPS) is 20.1. The van der Waals surface area contributed by atoms with E-state index in [4.69, 9.17) is 4.74 Å². The van der Waals surface area contributed by atoms with Gasteiger partial charge in [0.1, 0.15) is 6.04 Å². The van der Waals surface area contributed by atoms with Crippen molar-refractivity contribution in [2.45, 2.75) is 32.2 Å². The van der Waals surface area contributed by atoms with Gasteiger partial charge in [-0.1, -0.05) is 0 Å². The summed E-state index contributed by atoms with van der Waals surface area (Å²) in [6.45, 7) is 2.75. The van der Waals surface area contributed by atoms with E-state index in [1.54, 1.807) is 12.4 Å². The molecular formula is C12H17N3O2. The maximum atomic E-state index is 11.7. The number of piperidine rings is 1. The molecule has 0 bridgehead atoms. The van der Waals surface area contributed by atoms with Crippen LogP contribution in [0.2, 0.25) is 0 Å². The summed E-state index contributed by atoms with van der Waals surface area (Å²) in [6, 6.07) is -0.239. The predicted octanol–water partition coefficient (Wildman–Crippen LogP) is 1.32. The number of ether oxygens (including phenoxy) is 1. The van der Waals surface area contributed by atoms with Crippen LogP contribution in [0.1, 0.15) is 24.8 Å². The largest absolute Gasteiger partial charge is 0.467 e. The van der Waals surface area contributed by atoms with E-state index >= 15 is 0 Å². The molecule has 1 atom stereocenters. The van der Waals surface area contributed by atoms with E-state index in [-0.39, 0.29) is 12.0 Å². The van der Waals surface area contributed by atoms with E-state index in [1.165, 1.54) is 7.11 Å². The quantitative estimate of drug-likeness (QED) is 0.723. The fourth-order valence-electron chi connectivity index (χ4n) is 2.09. The van der Waals surface area contributed by atoms with Crippen molar-refractivity contribution in [2.24, 2.45) is 0 Å². The van der Waals surface area contributed by atoms with Crippen molar-refractivity contribution in [1.82, 2.24) is 9.97 Å². The molecule has 0 aromatic carbocycles. The zero-order chi connectivity index (χ0) is 12.3. The standard InChI is InChI=1S/C12H17N3O2/c1-9-7-13-12(14-8-9)15-6-4-3-5-10(15)11(16)17-2/h7-8,10H,3-6H2,1-2H3. The molecule has 5 heteroatoms. The molecular weight excluding hydrogens is 218 g/mol. The molecule has 2 heterocycles. The van der Waals surface area contributed by atoms with Gasteiger partial charge in [-0.15, -0.1) is 0 Å². The second-order valence-electron chi connectivity index (χ2n) is 4.29. The van der Waals surface area contributed by atoms with Gasteiger partial charge in [0.25, 0.3) is 0 Å². The van der Waals surface area contributed by atoms with Gasteiger partial charge in [0, 0.05) is 18.9 Å². The minimum absolute atomic E-state index is 0.200. The fraction of sp³-hybridized carbons (Fsp3) is 0.583. The summed E-state index contributed by atoms with van der Waals surface area (Å²) in [4.78, 5) is 22.2. The van der Waals surface area contributed by atoms with Gasteiger partial charge in [-0.25, -0.2) is 14.8 Å². The van der Waals surface area contributed by atoms with E-state index in [0.717, 1.165) is 31.4 Å². The van der Waals surface area contributed by atoms with E-state index in [2.05, 4.69) is 9.97 Å². The SMILES string of the molecule is COC(=O)C1CCCCN1c1ncc(C)cn1. The second-order valence-corrected chi connectivity index (χ2v) is 4.29. The van der Waals surface area contributed by atoms with Crippen LogP contribution in [0.15, 0.2) is 12.4 Å². The highest BCUT2D eigenvalue weighted by Gasteiger charge is 2.30. The molecule has 0 spiro atoms. The lowest BCUT2D eigenvalue weighted by Gasteiger charge is -2.33. The molecule has 1 unspecified atom stereocenters. The Labute approximate surface area is 101 Å². The van der Waals surface area contributed by atoms with Gasteiger partial charge in [0.15, 0.2) is 0 Å². The number of hydrogen-bond acceptors (Lipinski definition) is 5. The molecule has 1 aliphatic heterocycles. The number of aryl methyl sites for hydroxylation is 1. The average molecular weight is 235 g/mol. The van der Waals surface area contributed by atoms with E-state index in [9.17, 15) is 4.79 Å². The number of carbonyl (C=O) groups is 1. The van der Waals surface area contributed by atoms with Crippen LogP contribution < -0.4 is 4.90 Å². The van der Waals surface area contributed by atoms with Gasteiger partial charge in [-0.05, 0) is 31.7 Å². The molecule has 1 aromatic heterocycles. The lowest BCUT2D eigenvalue weighted by atomic mass is 10.0. The molecule has 0 saturated carbocycles. The maximum absolute atomic E-state index is 11.7. The predicted molar refractivity (Wildman–Crippen MR) is 63.8 cm³/mol. The van der Waals surface area contributed by atoms with Gasteiger partial charge in [-0.2, -0.15) is 0 Å². The fourth-order valence-corrected chi connectivity index (χ4v) is 2.09. The number of anilines is 1. The van der Waals surface area contributed by atoms with Crippen molar-refractivity contribution in [2.75, 3.05) is 18.6 Å². The molecule has 1 saturated heterocycles. The summed E-state index contributed by atoms with van der Waals surface area (Å²) in [5.74, 6) is 0.416. The Morgan fingerprint density at radius 1 is 1.41 bits per heavy atom. The van der Waals surface area contributed by atoms with Crippen LogP contribution in [-0.4, -0.2) is 35.6 Å². The number of carbonyl (C=O) groups excluding carboxylic acids is 1. The third-order valence-electron chi connectivity index (χ3n) is 3.00. The molecule has 0 amide bonds. The van der Waals surface area contributed by atoms with Crippen molar-refractivity contribution in [1.29, 1.82) is 0 Å². The summed E-state index contributed by atoms with van der Waals surface area (Å²) in [5, 5.41) is 0. The molecule has 17 heavy (non-hydrogen) atoms. The second kappa shape index (κ2) is 5.12. The van der Waals surface area contributed by atoms with Crippen molar-refractivity contribution >= 4 is 11.9 Å². The minimum Gasteiger partial charge on any atom is -0.467 e. The molecule has 1 aliphatic rings. The monoisotopic (exact) mass is 235 g/mol. The highest BCUT2D eigenvalue weighted by molar-refractivity contribution is 5.79. The lowest BCUT2D eigenvalue weighted by Crippen LogP contribution is -2.46. The molecule has 1 fully saturated rings.